The number of aryl methyl sites for hydroxylation is 1. The van der Waals surface area contributed by atoms with Gasteiger partial charge in [0.15, 0.2) is 0 Å². The second-order valence-corrected chi connectivity index (χ2v) is 6.45. The number of halogens is 3. The summed E-state index contributed by atoms with van der Waals surface area (Å²) >= 11 is 1.27. The standard InChI is InChI=1S/C14H17F3N6O2S/c1-2-3-12-21-22-13(26-12)20-11(25)5-4-10(24)19-9-6-18-23(7-9)8-14(15,16)17/h6-7H,2-5,8H2,1H3,(H,19,24)(H,20,22,25). The Kier molecular flexibility index (Phi) is 6.66. The summed E-state index contributed by atoms with van der Waals surface area (Å²) in [5.74, 6) is -0.900. The van der Waals surface area contributed by atoms with E-state index in [0.717, 1.165) is 30.2 Å². The topological polar surface area (TPSA) is 102 Å². The lowest BCUT2D eigenvalue weighted by Crippen LogP contribution is -2.18. The third-order valence-electron chi connectivity index (χ3n) is 3.01. The van der Waals surface area contributed by atoms with Crippen molar-refractivity contribution in [1.82, 2.24) is 20.0 Å². The number of hydrogen-bond donors (Lipinski definition) is 2. The maximum atomic E-state index is 12.2. The molecule has 2 aromatic rings. The molecule has 0 saturated carbocycles. The van der Waals surface area contributed by atoms with Crippen molar-refractivity contribution in [1.29, 1.82) is 0 Å². The Morgan fingerprint density at radius 2 is 1.88 bits per heavy atom. The van der Waals surface area contributed by atoms with E-state index in [2.05, 4.69) is 25.9 Å². The van der Waals surface area contributed by atoms with Gasteiger partial charge in [0, 0.05) is 25.5 Å². The molecule has 2 amide bonds. The molecule has 12 heteroatoms. The van der Waals surface area contributed by atoms with Gasteiger partial charge >= 0.3 is 6.18 Å². The third kappa shape index (κ3) is 6.78. The molecule has 2 aromatic heterocycles. The minimum absolute atomic E-state index is 0.0921. The van der Waals surface area contributed by atoms with Crippen LogP contribution in [0.2, 0.25) is 0 Å². The lowest BCUT2D eigenvalue weighted by Gasteiger charge is -2.05. The Morgan fingerprint density at radius 3 is 2.54 bits per heavy atom. The molecule has 26 heavy (non-hydrogen) atoms. The molecule has 0 aliphatic carbocycles. The average Bonchev–Trinajstić information content (AvgIpc) is 3.14. The van der Waals surface area contributed by atoms with E-state index in [1.807, 2.05) is 6.92 Å². The lowest BCUT2D eigenvalue weighted by molar-refractivity contribution is -0.142. The van der Waals surface area contributed by atoms with Gasteiger partial charge in [-0.1, -0.05) is 18.3 Å². The molecule has 0 aromatic carbocycles. The van der Waals surface area contributed by atoms with Gasteiger partial charge in [-0.15, -0.1) is 10.2 Å². The summed E-state index contributed by atoms with van der Waals surface area (Å²) in [5.41, 5.74) is 0.132. The molecular weight excluding hydrogens is 373 g/mol. The van der Waals surface area contributed by atoms with E-state index >= 15 is 0 Å². The number of rotatable bonds is 8. The summed E-state index contributed by atoms with van der Waals surface area (Å²) in [5, 5.41) is 17.4. The summed E-state index contributed by atoms with van der Waals surface area (Å²) < 4.78 is 37.4. The van der Waals surface area contributed by atoms with Crippen LogP contribution in [-0.2, 0) is 22.6 Å². The van der Waals surface area contributed by atoms with E-state index in [-0.39, 0.29) is 18.5 Å². The van der Waals surface area contributed by atoms with Gasteiger partial charge in [0.2, 0.25) is 16.9 Å². The number of anilines is 2. The molecule has 0 aliphatic rings. The predicted octanol–water partition coefficient (Wildman–Crippen LogP) is 2.61. The summed E-state index contributed by atoms with van der Waals surface area (Å²) in [6.07, 6.45) is -0.738. The van der Waals surface area contributed by atoms with Crippen LogP contribution in [0.5, 0.6) is 0 Å². The molecule has 0 spiro atoms. The van der Waals surface area contributed by atoms with Gasteiger partial charge < -0.3 is 10.6 Å². The van der Waals surface area contributed by atoms with Crippen LogP contribution in [0.3, 0.4) is 0 Å². The number of nitrogens with zero attached hydrogens (tertiary/aromatic N) is 4. The summed E-state index contributed by atoms with van der Waals surface area (Å²) in [4.78, 5) is 23.6. The first-order chi connectivity index (χ1) is 12.2. The molecule has 0 atom stereocenters. The van der Waals surface area contributed by atoms with E-state index in [4.69, 9.17) is 0 Å². The molecule has 0 bridgehead atoms. The zero-order valence-electron chi connectivity index (χ0n) is 13.8. The van der Waals surface area contributed by atoms with Crippen LogP contribution < -0.4 is 10.6 Å². The van der Waals surface area contributed by atoms with E-state index in [1.54, 1.807) is 0 Å². The van der Waals surface area contributed by atoms with Crippen LogP contribution in [-0.4, -0.2) is 38.0 Å². The monoisotopic (exact) mass is 390 g/mol. The highest BCUT2D eigenvalue weighted by Gasteiger charge is 2.28. The first-order valence-corrected chi connectivity index (χ1v) is 8.58. The fourth-order valence-corrected chi connectivity index (χ4v) is 2.81. The fraction of sp³-hybridized carbons (Fsp3) is 0.500. The molecule has 2 rings (SSSR count). The SMILES string of the molecule is CCCc1nnc(NC(=O)CCC(=O)Nc2cnn(CC(F)(F)F)c2)s1. The van der Waals surface area contributed by atoms with Crippen molar-refractivity contribution < 1.29 is 22.8 Å². The van der Waals surface area contributed by atoms with Gasteiger partial charge in [-0.05, 0) is 6.42 Å². The van der Waals surface area contributed by atoms with Crippen LogP contribution in [0.4, 0.5) is 24.0 Å². The minimum Gasteiger partial charge on any atom is -0.323 e. The molecule has 0 radical (unpaired) electrons. The fourth-order valence-electron chi connectivity index (χ4n) is 1.95. The van der Waals surface area contributed by atoms with Crippen LogP contribution in [0.25, 0.3) is 0 Å². The molecule has 0 fully saturated rings. The molecule has 0 aliphatic heterocycles. The maximum Gasteiger partial charge on any atom is 0.408 e. The zero-order chi connectivity index (χ0) is 19.2. The Balaban J connectivity index is 1.74. The highest BCUT2D eigenvalue weighted by Crippen LogP contribution is 2.18. The van der Waals surface area contributed by atoms with Gasteiger partial charge in [0.05, 0.1) is 11.9 Å². The Hall–Kier alpha value is -2.50. The number of hydrogen-bond acceptors (Lipinski definition) is 6. The molecule has 2 N–H and O–H groups in total. The molecule has 142 valence electrons. The number of carbonyl (C=O) groups excluding carboxylic acids is 2. The Bertz CT molecular complexity index is 758. The number of carbonyl (C=O) groups is 2. The minimum atomic E-state index is -4.40. The van der Waals surface area contributed by atoms with Crippen LogP contribution >= 0.6 is 11.3 Å². The largest absolute Gasteiger partial charge is 0.408 e. The van der Waals surface area contributed by atoms with Crippen molar-refractivity contribution in [2.75, 3.05) is 10.6 Å². The van der Waals surface area contributed by atoms with Crippen molar-refractivity contribution in [3.63, 3.8) is 0 Å². The van der Waals surface area contributed by atoms with Crippen molar-refractivity contribution >= 4 is 34.0 Å². The van der Waals surface area contributed by atoms with Crippen LogP contribution in [0, 0.1) is 0 Å². The highest BCUT2D eigenvalue weighted by molar-refractivity contribution is 7.15. The molecule has 2 heterocycles. The average molecular weight is 390 g/mol. The third-order valence-corrected chi connectivity index (χ3v) is 3.91. The predicted molar refractivity (Wildman–Crippen MR) is 88.7 cm³/mol. The van der Waals surface area contributed by atoms with Crippen molar-refractivity contribution in [2.24, 2.45) is 0 Å². The number of aromatic nitrogens is 4. The van der Waals surface area contributed by atoms with Crippen LogP contribution in [0.15, 0.2) is 12.4 Å². The van der Waals surface area contributed by atoms with E-state index in [0.29, 0.717) is 9.81 Å². The van der Waals surface area contributed by atoms with Gasteiger partial charge in [-0.3, -0.25) is 14.3 Å². The molecular formula is C14H17F3N6O2S. The van der Waals surface area contributed by atoms with Crippen molar-refractivity contribution in [3.8, 4) is 0 Å². The summed E-state index contributed by atoms with van der Waals surface area (Å²) in [7, 11) is 0. The normalized spacial score (nSPS) is 11.4. The number of nitrogens with one attached hydrogen (secondary N) is 2. The Labute approximate surface area is 150 Å². The van der Waals surface area contributed by atoms with Gasteiger partial charge in [-0.2, -0.15) is 18.3 Å². The highest BCUT2D eigenvalue weighted by atomic mass is 32.1. The van der Waals surface area contributed by atoms with Crippen LogP contribution in [0.1, 0.15) is 31.2 Å². The van der Waals surface area contributed by atoms with E-state index in [9.17, 15) is 22.8 Å². The van der Waals surface area contributed by atoms with Crippen molar-refractivity contribution in [3.05, 3.63) is 17.4 Å². The maximum absolute atomic E-state index is 12.2. The van der Waals surface area contributed by atoms with E-state index < -0.39 is 24.5 Å². The quantitative estimate of drug-likeness (QED) is 0.721. The zero-order valence-corrected chi connectivity index (χ0v) is 14.7. The van der Waals surface area contributed by atoms with E-state index in [1.165, 1.54) is 11.3 Å². The second kappa shape index (κ2) is 8.74. The molecule has 8 nitrogen and oxygen atoms in total. The summed E-state index contributed by atoms with van der Waals surface area (Å²) in [6, 6.07) is 0. The molecule has 0 unspecified atom stereocenters. The first kappa shape index (κ1) is 19.8. The number of amides is 2. The number of alkyl halides is 3. The second-order valence-electron chi connectivity index (χ2n) is 5.39. The van der Waals surface area contributed by atoms with Gasteiger partial charge in [0.25, 0.3) is 0 Å². The van der Waals surface area contributed by atoms with Crippen molar-refractivity contribution in [2.45, 2.75) is 45.3 Å². The Morgan fingerprint density at radius 1 is 1.19 bits per heavy atom. The van der Waals surface area contributed by atoms with Gasteiger partial charge in [0.1, 0.15) is 11.6 Å². The van der Waals surface area contributed by atoms with Gasteiger partial charge in [-0.25, -0.2) is 0 Å². The smallest absolute Gasteiger partial charge is 0.323 e. The molecule has 0 saturated heterocycles. The first-order valence-electron chi connectivity index (χ1n) is 7.76. The summed E-state index contributed by atoms with van der Waals surface area (Å²) in [6.45, 7) is 0.762. The lowest BCUT2D eigenvalue weighted by atomic mass is 10.3.